The van der Waals surface area contributed by atoms with Crippen LogP contribution in [0, 0.1) is 11.8 Å². The van der Waals surface area contributed by atoms with E-state index in [1.54, 1.807) is 11.3 Å². The van der Waals surface area contributed by atoms with Gasteiger partial charge in [0, 0.05) is 10.8 Å². The number of alkyl halides is 1. The van der Waals surface area contributed by atoms with E-state index in [1.807, 2.05) is 0 Å². The predicted octanol–water partition coefficient (Wildman–Crippen LogP) is 5.01. The van der Waals surface area contributed by atoms with Crippen LogP contribution in [0.4, 0.5) is 0 Å². The first-order valence-corrected chi connectivity index (χ1v) is 8.08. The molecule has 2 heterocycles. The molecule has 0 bridgehead atoms. The first-order chi connectivity index (χ1) is 7.50. The van der Waals surface area contributed by atoms with E-state index in [0.717, 1.165) is 0 Å². The van der Waals surface area contributed by atoms with Crippen LogP contribution in [0.2, 0.25) is 0 Å². The van der Waals surface area contributed by atoms with Crippen molar-refractivity contribution < 1.29 is 4.74 Å². The Morgan fingerprint density at radius 2 is 1.94 bits per heavy atom. The van der Waals surface area contributed by atoms with E-state index in [1.165, 1.54) is 8.66 Å². The molecule has 0 N–H and O–H groups in total. The van der Waals surface area contributed by atoms with Gasteiger partial charge in [-0.25, -0.2) is 0 Å². The summed E-state index contributed by atoms with van der Waals surface area (Å²) in [5.74, 6) is 1.15. The van der Waals surface area contributed by atoms with Gasteiger partial charge >= 0.3 is 0 Å². The van der Waals surface area contributed by atoms with Crippen molar-refractivity contribution in [1.29, 1.82) is 0 Å². The largest absolute Gasteiger partial charge is 0.375 e. The lowest BCUT2D eigenvalue weighted by atomic mass is 9.86. The summed E-state index contributed by atoms with van der Waals surface area (Å²) in [7, 11) is 0. The minimum absolute atomic E-state index is 0.329. The van der Waals surface area contributed by atoms with Gasteiger partial charge in [0.15, 0.2) is 0 Å². The molecule has 4 heteroatoms. The van der Waals surface area contributed by atoms with Crippen molar-refractivity contribution in [3.8, 4) is 0 Å². The van der Waals surface area contributed by atoms with E-state index >= 15 is 0 Å². The molecule has 1 aliphatic rings. The van der Waals surface area contributed by atoms with Gasteiger partial charge in [-0.05, 0) is 47.8 Å². The number of halogens is 2. The summed E-state index contributed by atoms with van der Waals surface area (Å²) in [5, 5.41) is 0. The Balaban J connectivity index is 2.18. The van der Waals surface area contributed by atoms with Crippen LogP contribution < -0.4 is 0 Å². The summed E-state index contributed by atoms with van der Waals surface area (Å²) in [6.07, 6.45) is 0.693. The second-order valence-corrected chi connectivity index (χ2v) is 8.01. The summed E-state index contributed by atoms with van der Waals surface area (Å²) in [6, 6.07) is 4.30. The van der Waals surface area contributed by atoms with Gasteiger partial charge in [-0.2, -0.15) is 0 Å². The molecule has 0 aliphatic carbocycles. The van der Waals surface area contributed by atoms with Crippen LogP contribution in [0.25, 0.3) is 0 Å². The fourth-order valence-corrected chi connectivity index (χ4v) is 5.27. The predicted molar refractivity (Wildman–Crippen MR) is 76.4 cm³/mol. The lowest BCUT2D eigenvalue weighted by molar-refractivity contribution is 0.0511. The Morgan fingerprint density at radius 3 is 2.38 bits per heavy atom. The number of hydrogen-bond acceptors (Lipinski definition) is 2. The normalized spacial score (nSPS) is 36.6. The molecular weight excluding hydrogens is 352 g/mol. The molecule has 1 fully saturated rings. The monoisotopic (exact) mass is 366 g/mol. The van der Waals surface area contributed by atoms with Crippen LogP contribution >= 0.6 is 43.2 Å². The number of hydrogen-bond donors (Lipinski definition) is 0. The molecule has 0 amide bonds. The second-order valence-electron chi connectivity index (χ2n) is 4.53. The first kappa shape index (κ1) is 13.1. The molecule has 0 radical (unpaired) electrons. The molecule has 90 valence electrons. The molecule has 1 aromatic heterocycles. The zero-order valence-electron chi connectivity index (χ0n) is 9.61. The zero-order chi connectivity index (χ0) is 11.9. The van der Waals surface area contributed by atoms with Crippen molar-refractivity contribution in [1.82, 2.24) is 0 Å². The molecule has 0 saturated carbocycles. The van der Waals surface area contributed by atoms with E-state index in [9.17, 15) is 0 Å². The smallest absolute Gasteiger partial charge is 0.0701 e. The number of rotatable bonds is 2. The van der Waals surface area contributed by atoms with Gasteiger partial charge in [-0.15, -0.1) is 11.3 Å². The molecule has 1 aliphatic heterocycles. The standard InChI is InChI=1S/C12H16Br2OS/c1-6-7(2)15-8(3)11(6)12(14)9-4-5-10(13)16-9/h4-8,11-12H,1-3H3. The minimum Gasteiger partial charge on any atom is -0.375 e. The molecule has 2 rings (SSSR count). The zero-order valence-corrected chi connectivity index (χ0v) is 13.6. The van der Waals surface area contributed by atoms with Gasteiger partial charge in [-0.1, -0.05) is 22.9 Å². The summed E-state index contributed by atoms with van der Waals surface area (Å²) >= 11 is 9.16. The third-order valence-electron chi connectivity index (χ3n) is 3.52. The van der Waals surface area contributed by atoms with E-state index < -0.39 is 0 Å². The highest BCUT2D eigenvalue weighted by molar-refractivity contribution is 9.11. The molecule has 5 unspecified atom stereocenters. The van der Waals surface area contributed by atoms with Gasteiger partial charge in [0.2, 0.25) is 0 Å². The van der Waals surface area contributed by atoms with E-state index in [4.69, 9.17) is 4.74 Å². The quantitative estimate of drug-likeness (QED) is 0.668. The van der Waals surface area contributed by atoms with Crippen molar-refractivity contribution in [3.63, 3.8) is 0 Å². The van der Waals surface area contributed by atoms with Crippen LogP contribution in [0.5, 0.6) is 0 Å². The first-order valence-electron chi connectivity index (χ1n) is 5.55. The lowest BCUT2D eigenvalue weighted by Gasteiger charge is -2.23. The summed E-state index contributed by atoms with van der Waals surface area (Å²) < 4.78 is 7.09. The summed E-state index contributed by atoms with van der Waals surface area (Å²) in [4.78, 5) is 1.78. The number of ether oxygens (including phenoxy) is 1. The SMILES string of the molecule is CC1OC(C)C(C(Br)c2ccc(Br)s2)C1C. The van der Waals surface area contributed by atoms with E-state index in [-0.39, 0.29) is 0 Å². The van der Waals surface area contributed by atoms with Gasteiger partial charge in [0.1, 0.15) is 0 Å². The molecule has 0 aromatic carbocycles. The molecular formula is C12H16Br2OS. The van der Waals surface area contributed by atoms with Gasteiger partial charge in [0.25, 0.3) is 0 Å². The maximum atomic E-state index is 5.90. The maximum absolute atomic E-state index is 5.90. The van der Waals surface area contributed by atoms with Crippen molar-refractivity contribution in [2.75, 3.05) is 0 Å². The Bertz CT molecular complexity index is 366. The van der Waals surface area contributed by atoms with Crippen LogP contribution in [0.15, 0.2) is 15.9 Å². The van der Waals surface area contributed by atoms with Gasteiger partial charge in [-0.3, -0.25) is 0 Å². The van der Waals surface area contributed by atoms with Crippen molar-refractivity contribution >= 4 is 43.2 Å². The highest BCUT2D eigenvalue weighted by atomic mass is 79.9. The Morgan fingerprint density at radius 1 is 1.25 bits per heavy atom. The van der Waals surface area contributed by atoms with Gasteiger partial charge in [0.05, 0.1) is 20.8 Å². The second kappa shape index (κ2) is 5.09. The van der Waals surface area contributed by atoms with Crippen molar-refractivity contribution in [2.24, 2.45) is 11.8 Å². The topological polar surface area (TPSA) is 9.23 Å². The highest BCUT2D eigenvalue weighted by Crippen LogP contribution is 2.47. The third-order valence-corrected chi connectivity index (χ3v) is 6.64. The Labute approximate surface area is 118 Å². The van der Waals surface area contributed by atoms with E-state index in [2.05, 4.69) is 64.8 Å². The van der Waals surface area contributed by atoms with Crippen LogP contribution in [0.1, 0.15) is 30.5 Å². The van der Waals surface area contributed by atoms with Crippen LogP contribution in [0.3, 0.4) is 0 Å². The molecule has 1 nitrogen and oxygen atoms in total. The van der Waals surface area contributed by atoms with Crippen molar-refractivity contribution in [3.05, 3.63) is 20.8 Å². The molecule has 1 saturated heterocycles. The fourth-order valence-electron chi connectivity index (χ4n) is 2.46. The summed E-state index contributed by atoms with van der Waals surface area (Å²) in [6.45, 7) is 6.64. The average Bonchev–Trinajstić information content (AvgIpc) is 2.73. The number of thiophene rings is 1. The molecule has 1 aromatic rings. The maximum Gasteiger partial charge on any atom is 0.0701 e. The minimum atomic E-state index is 0.329. The van der Waals surface area contributed by atoms with Crippen molar-refractivity contribution in [2.45, 2.75) is 37.8 Å². The summed E-state index contributed by atoms with van der Waals surface area (Å²) in [5.41, 5.74) is 0. The Hall–Kier alpha value is 0.620. The van der Waals surface area contributed by atoms with E-state index in [0.29, 0.717) is 28.9 Å². The molecule has 16 heavy (non-hydrogen) atoms. The van der Waals surface area contributed by atoms with Crippen LogP contribution in [-0.4, -0.2) is 12.2 Å². The molecule has 0 spiro atoms. The average molecular weight is 368 g/mol. The third kappa shape index (κ3) is 2.40. The van der Waals surface area contributed by atoms with Gasteiger partial charge < -0.3 is 4.74 Å². The molecule has 5 atom stereocenters. The highest BCUT2D eigenvalue weighted by Gasteiger charge is 2.41. The Kier molecular flexibility index (Phi) is 4.15. The lowest BCUT2D eigenvalue weighted by Crippen LogP contribution is -2.21. The fraction of sp³-hybridized carbons (Fsp3) is 0.667. The van der Waals surface area contributed by atoms with Crippen LogP contribution in [-0.2, 0) is 4.74 Å².